The van der Waals surface area contributed by atoms with Crippen LogP contribution in [0.3, 0.4) is 0 Å². The van der Waals surface area contributed by atoms with E-state index in [2.05, 4.69) is 30.3 Å². The molecule has 0 aliphatic carbocycles. The zero-order valence-electron chi connectivity index (χ0n) is 11.1. The van der Waals surface area contributed by atoms with Crippen molar-refractivity contribution in [2.75, 3.05) is 38.2 Å². The lowest BCUT2D eigenvalue weighted by Crippen LogP contribution is -2.40. The van der Waals surface area contributed by atoms with Crippen molar-refractivity contribution >= 4 is 17.3 Å². The molecule has 100 valence electrons. The van der Waals surface area contributed by atoms with Gasteiger partial charge in [-0.25, -0.2) is 0 Å². The van der Waals surface area contributed by atoms with Crippen LogP contribution in [0.15, 0.2) is 18.2 Å². The molecule has 4 heteroatoms. The van der Waals surface area contributed by atoms with Crippen molar-refractivity contribution in [3.8, 4) is 0 Å². The van der Waals surface area contributed by atoms with E-state index in [1.54, 1.807) is 0 Å². The molecule has 1 aromatic rings. The van der Waals surface area contributed by atoms with E-state index in [4.69, 9.17) is 16.3 Å². The zero-order valence-corrected chi connectivity index (χ0v) is 11.8. The molecule has 0 aromatic heterocycles. The van der Waals surface area contributed by atoms with Gasteiger partial charge in [-0.1, -0.05) is 11.6 Å². The maximum atomic E-state index is 5.97. The first-order chi connectivity index (χ1) is 8.66. The number of morpholine rings is 1. The molecule has 0 saturated carbocycles. The fourth-order valence-corrected chi connectivity index (χ4v) is 2.54. The number of nitrogens with zero attached hydrogens (tertiary/aromatic N) is 1. The van der Waals surface area contributed by atoms with Crippen LogP contribution in [0.5, 0.6) is 0 Å². The molecule has 1 heterocycles. The molecule has 1 N–H and O–H groups in total. The van der Waals surface area contributed by atoms with Gasteiger partial charge in [-0.3, -0.25) is 0 Å². The number of ether oxygens (including phenoxy) is 1. The van der Waals surface area contributed by atoms with Crippen LogP contribution in [0.1, 0.15) is 12.0 Å². The van der Waals surface area contributed by atoms with Gasteiger partial charge in [0.1, 0.15) is 0 Å². The number of hydrogen-bond donors (Lipinski definition) is 1. The standard InChI is InChI=1S/C14H21ClN2O/c1-11-9-12(15)3-4-14(11)17(2)7-5-13-10-16-6-8-18-13/h3-4,9,13,16H,5-8,10H2,1-2H3. The number of hydrogen-bond acceptors (Lipinski definition) is 3. The van der Waals surface area contributed by atoms with E-state index >= 15 is 0 Å². The van der Waals surface area contributed by atoms with Gasteiger partial charge in [0.15, 0.2) is 0 Å². The second-order valence-corrected chi connectivity index (χ2v) is 5.27. The summed E-state index contributed by atoms with van der Waals surface area (Å²) < 4.78 is 5.70. The maximum absolute atomic E-state index is 5.97. The Kier molecular flexibility index (Phi) is 4.87. The minimum atomic E-state index is 0.341. The van der Waals surface area contributed by atoms with Gasteiger partial charge in [-0.2, -0.15) is 0 Å². The molecule has 18 heavy (non-hydrogen) atoms. The second-order valence-electron chi connectivity index (χ2n) is 4.84. The van der Waals surface area contributed by atoms with Crippen LogP contribution >= 0.6 is 11.6 Å². The summed E-state index contributed by atoms with van der Waals surface area (Å²) in [7, 11) is 2.12. The SMILES string of the molecule is Cc1cc(Cl)ccc1N(C)CCC1CNCCO1. The fourth-order valence-electron chi connectivity index (χ4n) is 2.31. The summed E-state index contributed by atoms with van der Waals surface area (Å²) >= 11 is 5.97. The van der Waals surface area contributed by atoms with Crippen molar-refractivity contribution in [1.29, 1.82) is 0 Å². The lowest BCUT2D eigenvalue weighted by Gasteiger charge is -2.27. The average molecular weight is 269 g/mol. The molecule has 2 rings (SSSR count). The monoisotopic (exact) mass is 268 g/mol. The minimum Gasteiger partial charge on any atom is -0.376 e. The molecule has 1 unspecified atom stereocenters. The van der Waals surface area contributed by atoms with Gasteiger partial charge < -0.3 is 15.0 Å². The summed E-state index contributed by atoms with van der Waals surface area (Å²) in [6.45, 7) is 5.86. The van der Waals surface area contributed by atoms with Gasteiger partial charge in [0.05, 0.1) is 12.7 Å². The molecule has 0 amide bonds. The van der Waals surface area contributed by atoms with Crippen LogP contribution in [-0.2, 0) is 4.74 Å². The molecule has 1 saturated heterocycles. The third-order valence-electron chi connectivity index (χ3n) is 3.36. The van der Waals surface area contributed by atoms with Crippen molar-refractivity contribution in [2.24, 2.45) is 0 Å². The van der Waals surface area contributed by atoms with Gasteiger partial charge >= 0.3 is 0 Å². The Balaban J connectivity index is 1.88. The number of rotatable bonds is 4. The van der Waals surface area contributed by atoms with E-state index in [1.165, 1.54) is 11.3 Å². The van der Waals surface area contributed by atoms with Crippen LogP contribution in [0.2, 0.25) is 5.02 Å². The highest BCUT2D eigenvalue weighted by Crippen LogP contribution is 2.23. The third kappa shape index (κ3) is 3.61. The third-order valence-corrected chi connectivity index (χ3v) is 3.60. The van der Waals surface area contributed by atoms with E-state index in [-0.39, 0.29) is 0 Å². The van der Waals surface area contributed by atoms with Gasteiger partial charge in [0.2, 0.25) is 0 Å². The van der Waals surface area contributed by atoms with Crippen molar-refractivity contribution in [3.63, 3.8) is 0 Å². The first kappa shape index (κ1) is 13.7. The van der Waals surface area contributed by atoms with Gasteiger partial charge in [-0.05, 0) is 37.1 Å². The number of aryl methyl sites for hydroxylation is 1. The fraction of sp³-hybridized carbons (Fsp3) is 0.571. The summed E-state index contributed by atoms with van der Waals surface area (Å²) in [6.07, 6.45) is 1.39. The lowest BCUT2D eigenvalue weighted by molar-refractivity contribution is 0.0250. The van der Waals surface area contributed by atoms with Gasteiger partial charge in [0.25, 0.3) is 0 Å². The second kappa shape index (κ2) is 6.41. The molecule has 1 atom stereocenters. The first-order valence-electron chi connectivity index (χ1n) is 6.46. The summed E-state index contributed by atoms with van der Waals surface area (Å²) in [5, 5.41) is 4.15. The largest absolute Gasteiger partial charge is 0.376 e. The van der Waals surface area contributed by atoms with E-state index in [0.29, 0.717) is 6.10 Å². The Morgan fingerprint density at radius 2 is 2.33 bits per heavy atom. The Morgan fingerprint density at radius 1 is 1.50 bits per heavy atom. The number of nitrogens with one attached hydrogen (secondary N) is 1. The lowest BCUT2D eigenvalue weighted by atomic mass is 10.1. The van der Waals surface area contributed by atoms with Crippen LogP contribution < -0.4 is 10.2 Å². The molecular weight excluding hydrogens is 248 g/mol. The molecule has 1 aromatic carbocycles. The van der Waals surface area contributed by atoms with Gasteiger partial charge in [-0.15, -0.1) is 0 Å². The zero-order chi connectivity index (χ0) is 13.0. The molecule has 3 nitrogen and oxygen atoms in total. The normalized spacial score (nSPS) is 19.8. The van der Waals surface area contributed by atoms with E-state index in [0.717, 1.165) is 37.7 Å². The topological polar surface area (TPSA) is 24.5 Å². The summed E-state index contributed by atoms with van der Waals surface area (Å²) in [4.78, 5) is 2.27. The smallest absolute Gasteiger partial charge is 0.0716 e. The maximum Gasteiger partial charge on any atom is 0.0716 e. The summed E-state index contributed by atoms with van der Waals surface area (Å²) in [5.41, 5.74) is 2.45. The van der Waals surface area contributed by atoms with Crippen molar-refractivity contribution < 1.29 is 4.74 Å². The summed E-state index contributed by atoms with van der Waals surface area (Å²) in [5.74, 6) is 0. The highest BCUT2D eigenvalue weighted by Gasteiger charge is 2.14. The molecule has 1 aliphatic rings. The molecule has 1 aliphatic heterocycles. The Labute approximate surface area is 114 Å². The summed E-state index contributed by atoms with van der Waals surface area (Å²) in [6, 6.07) is 6.03. The van der Waals surface area contributed by atoms with Crippen LogP contribution in [0, 0.1) is 6.92 Å². The molecular formula is C14H21ClN2O. The number of anilines is 1. The minimum absolute atomic E-state index is 0.341. The quantitative estimate of drug-likeness (QED) is 0.908. The van der Waals surface area contributed by atoms with Crippen molar-refractivity contribution in [1.82, 2.24) is 5.32 Å². The van der Waals surface area contributed by atoms with E-state index in [1.807, 2.05) is 12.1 Å². The molecule has 0 bridgehead atoms. The Morgan fingerprint density at radius 3 is 3.00 bits per heavy atom. The van der Waals surface area contributed by atoms with Crippen LogP contribution in [0.25, 0.3) is 0 Å². The van der Waals surface area contributed by atoms with Gasteiger partial charge in [0, 0.05) is 37.4 Å². The first-order valence-corrected chi connectivity index (χ1v) is 6.84. The molecule has 1 fully saturated rings. The van der Waals surface area contributed by atoms with Crippen molar-refractivity contribution in [3.05, 3.63) is 28.8 Å². The van der Waals surface area contributed by atoms with Crippen LogP contribution in [0.4, 0.5) is 5.69 Å². The van der Waals surface area contributed by atoms with Crippen LogP contribution in [-0.4, -0.2) is 39.4 Å². The Bertz CT molecular complexity index is 391. The average Bonchev–Trinajstić information content (AvgIpc) is 2.37. The number of halogens is 1. The predicted octanol–water partition coefficient (Wildman–Crippen LogP) is 2.46. The predicted molar refractivity (Wildman–Crippen MR) is 76.7 cm³/mol. The Hall–Kier alpha value is -0.770. The highest BCUT2D eigenvalue weighted by atomic mass is 35.5. The molecule has 0 spiro atoms. The van der Waals surface area contributed by atoms with E-state index < -0.39 is 0 Å². The molecule has 0 radical (unpaired) electrons. The highest BCUT2D eigenvalue weighted by molar-refractivity contribution is 6.30. The van der Waals surface area contributed by atoms with Crippen molar-refractivity contribution in [2.45, 2.75) is 19.4 Å². The van der Waals surface area contributed by atoms with E-state index in [9.17, 15) is 0 Å². The number of benzene rings is 1.